The van der Waals surface area contributed by atoms with Crippen molar-refractivity contribution >= 4 is 23.5 Å². The van der Waals surface area contributed by atoms with Crippen molar-refractivity contribution < 1.29 is 4.74 Å². The highest BCUT2D eigenvalue weighted by molar-refractivity contribution is 7.79. The summed E-state index contributed by atoms with van der Waals surface area (Å²) in [7, 11) is 1.58. The molecule has 2 aromatic carbocycles. The molecule has 5 heteroatoms. The molecule has 0 saturated carbocycles. The molecule has 4 nitrogen and oxygen atoms in total. The van der Waals surface area contributed by atoms with Crippen molar-refractivity contribution in [1.29, 1.82) is 0 Å². The van der Waals surface area contributed by atoms with Crippen molar-refractivity contribution in [1.82, 2.24) is 9.55 Å². The van der Waals surface area contributed by atoms with Crippen molar-refractivity contribution in [3.63, 3.8) is 0 Å². The summed E-state index contributed by atoms with van der Waals surface area (Å²) < 4.78 is 6.92. The van der Waals surface area contributed by atoms with Crippen LogP contribution in [0.1, 0.15) is 5.82 Å². The van der Waals surface area contributed by atoms with Crippen LogP contribution in [-0.4, -0.2) is 16.7 Å². The molecule has 0 radical (unpaired) electrons. The van der Waals surface area contributed by atoms with Crippen LogP contribution in [0.25, 0.3) is 16.6 Å². The van der Waals surface area contributed by atoms with Crippen LogP contribution in [0, 0.1) is 0 Å². The molecular formula is C16H14N2O2S. The van der Waals surface area contributed by atoms with E-state index in [2.05, 4.69) is 17.6 Å². The fourth-order valence-electron chi connectivity index (χ4n) is 2.35. The molecule has 1 heterocycles. The molecule has 3 rings (SSSR count). The molecule has 1 aromatic heterocycles. The van der Waals surface area contributed by atoms with Gasteiger partial charge < -0.3 is 4.74 Å². The molecule has 0 aliphatic carbocycles. The minimum Gasteiger partial charge on any atom is -0.495 e. The number of hydrogen-bond donors (Lipinski definition) is 1. The number of para-hydroxylation sites is 3. The Labute approximate surface area is 127 Å². The SMILES string of the molecule is COc1ccccc1-n1c(CS)nc2ccccc2c1=O. The molecule has 0 aliphatic rings. The fourth-order valence-corrected chi connectivity index (χ4v) is 2.56. The van der Waals surface area contributed by atoms with Crippen LogP contribution >= 0.6 is 12.6 Å². The summed E-state index contributed by atoms with van der Waals surface area (Å²) in [5, 5.41) is 0.578. The number of hydrogen-bond acceptors (Lipinski definition) is 4. The van der Waals surface area contributed by atoms with Crippen LogP contribution in [0.4, 0.5) is 0 Å². The summed E-state index contributed by atoms with van der Waals surface area (Å²) in [6.07, 6.45) is 0. The van der Waals surface area contributed by atoms with Gasteiger partial charge in [-0.25, -0.2) is 4.98 Å². The molecule has 21 heavy (non-hydrogen) atoms. The van der Waals surface area contributed by atoms with Gasteiger partial charge in [0.1, 0.15) is 11.6 Å². The van der Waals surface area contributed by atoms with Gasteiger partial charge in [0.15, 0.2) is 0 Å². The van der Waals surface area contributed by atoms with E-state index < -0.39 is 0 Å². The van der Waals surface area contributed by atoms with E-state index in [-0.39, 0.29) is 5.56 Å². The van der Waals surface area contributed by atoms with Gasteiger partial charge in [0.05, 0.1) is 23.7 Å². The van der Waals surface area contributed by atoms with Gasteiger partial charge in [-0.05, 0) is 24.3 Å². The molecule has 0 unspecified atom stereocenters. The van der Waals surface area contributed by atoms with Crippen molar-refractivity contribution in [2.24, 2.45) is 0 Å². The first-order chi connectivity index (χ1) is 10.3. The fraction of sp³-hybridized carbons (Fsp3) is 0.125. The number of thiol groups is 1. The van der Waals surface area contributed by atoms with Gasteiger partial charge in [0.2, 0.25) is 0 Å². The first kappa shape index (κ1) is 13.7. The summed E-state index contributed by atoms with van der Waals surface area (Å²) in [4.78, 5) is 17.3. The minimum atomic E-state index is -0.117. The molecule has 0 amide bonds. The number of rotatable bonds is 3. The monoisotopic (exact) mass is 298 g/mol. The average Bonchev–Trinajstić information content (AvgIpc) is 2.54. The number of fused-ring (bicyclic) bond motifs is 1. The van der Waals surface area contributed by atoms with Gasteiger partial charge in [0, 0.05) is 5.75 Å². The summed E-state index contributed by atoms with van der Waals surface area (Å²) >= 11 is 4.30. The zero-order valence-corrected chi connectivity index (χ0v) is 12.4. The van der Waals surface area contributed by atoms with E-state index in [1.807, 2.05) is 42.5 Å². The molecule has 0 atom stereocenters. The number of benzene rings is 2. The number of ether oxygens (including phenoxy) is 1. The maximum Gasteiger partial charge on any atom is 0.266 e. The molecule has 0 bridgehead atoms. The second kappa shape index (κ2) is 5.61. The highest BCUT2D eigenvalue weighted by Gasteiger charge is 2.14. The zero-order chi connectivity index (χ0) is 14.8. The van der Waals surface area contributed by atoms with Crippen LogP contribution in [0.15, 0.2) is 53.3 Å². The lowest BCUT2D eigenvalue weighted by Crippen LogP contribution is -2.23. The largest absolute Gasteiger partial charge is 0.495 e. The summed E-state index contributed by atoms with van der Waals surface area (Å²) in [6, 6.07) is 14.7. The lowest BCUT2D eigenvalue weighted by Gasteiger charge is -2.14. The topological polar surface area (TPSA) is 44.1 Å². The third kappa shape index (κ3) is 2.29. The standard InChI is InChI=1S/C16H14N2O2S/c1-20-14-9-5-4-8-13(14)18-15(10-21)17-12-7-3-2-6-11(12)16(18)19/h2-9,21H,10H2,1H3. The van der Waals surface area contributed by atoms with Crippen LogP contribution in [0.3, 0.4) is 0 Å². The highest BCUT2D eigenvalue weighted by atomic mass is 32.1. The van der Waals surface area contributed by atoms with Gasteiger partial charge in [-0.3, -0.25) is 9.36 Å². The van der Waals surface area contributed by atoms with Gasteiger partial charge in [-0.2, -0.15) is 12.6 Å². The maximum atomic E-state index is 12.8. The van der Waals surface area contributed by atoms with Crippen LogP contribution in [0.5, 0.6) is 5.75 Å². The summed E-state index contributed by atoms with van der Waals surface area (Å²) in [6.45, 7) is 0. The Bertz CT molecular complexity index is 858. The van der Waals surface area contributed by atoms with Crippen LogP contribution in [-0.2, 0) is 5.75 Å². The van der Waals surface area contributed by atoms with E-state index in [9.17, 15) is 4.79 Å². The predicted molar refractivity (Wildman–Crippen MR) is 86.6 cm³/mol. The van der Waals surface area contributed by atoms with E-state index in [0.29, 0.717) is 33.9 Å². The van der Waals surface area contributed by atoms with Gasteiger partial charge in [0.25, 0.3) is 5.56 Å². The van der Waals surface area contributed by atoms with E-state index in [1.54, 1.807) is 17.7 Å². The van der Waals surface area contributed by atoms with Crippen LogP contribution in [0.2, 0.25) is 0 Å². The van der Waals surface area contributed by atoms with Crippen molar-refractivity contribution in [3.05, 3.63) is 64.7 Å². The lowest BCUT2D eigenvalue weighted by molar-refractivity contribution is 0.412. The first-order valence-corrected chi connectivity index (χ1v) is 7.14. The average molecular weight is 298 g/mol. The molecule has 0 N–H and O–H groups in total. The first-order valence-electron chi connectivity index (χ1n) is 6.51. The Kier molecular flexibility index (Phi) is 3.66. The highest BCUT2D eigenvalue weighted by Crippen LogP contribution is 2.23. The smallest absolute Gasteiger partial charge is 0.266 e. The molecule has 0 aliphatic heterocycles. The minimum absolute atomic E-state index is 0.117. The molecule has 0 saturated heterocycles. The van der Waals surface area contributed by atoms with Gasteiger partial charge >= 0.3 is 0 Å². The second-order valence-corrected chi connectivity index (χ2v) is 4.83. The number of nitrogens with zero attached hydrogens (tertiary/aromatic N) is 2. The van der Waals surface area contributed by atoms with E-state index in [0.717, 1.165) is 0 Å². The van der Waals surface area contributed by atoms with Crippen molar-refractivity contribution in [3.8, 4) is 11.4 Å². The third-order valence-corrected chi connectivity index (χ3v) is 3.60. The second-order valence-electron chi connectivity index (χ2n) is 4.52. The third-order valence-electron chi connectivity index (χ3n) is 3.31. The Morgan fingerprint density at radius 1 is 1.14 bits per heavy atom. The molecule has 0 spiro atoms. The summed E-state index contributed by atoms with van der Waals surface area (Å²) in [5.41, 5.74) is 1.24. The molecule has 106 valence electrons. The normalized spacial score (nSPS) is 10.8. The number of methoxy groups -OCH3 is 1. The predicted octanol–water partition coefficient (Wildman–Crippen LogP) is 2.82. The zero-order valence-electron chi connectivity index (χ0n) is 11.5. The Balaban J connectivity index is 2.41. The Morgan fingerprint density at radius 3 is 2.62 bits per heavy atom. The van der Waals surface area contributed by atoms with Gasteiger partial charge in [-0.1, -0.05) is 24.3 Å². The lowest BCUT2D eigenvalue weighted by atomic mass is 10.2. The van der Waals surface area contributed by atoms with Crippen LogP contribution < -0.4 is 10.3 Å². The Morgan fingerprint density at radius 2 is 1.86 bits per heavy atom. The maximum absolute atomic E-state index is 12.8. The van der Waals surface area contributed by atoms with Crippen molar-refractivity contribution in [2.75, 3.05) is 7.11 Å². The Hall–Kier alpha value is -2.27. The van der Waals surface area contributed by atoms with E-state index in [4.69, 9.17) is 4.74 Å². The molecular weight excluding hydrogens is 284 g/mol. The van der Waals surface area contributed by atoms with Gasteiger partial charge in [-0.15, -0.1) is 0 Å². The number of aromatic nitrogens is 2. The van der Waals surface area contributed by atoms with E-state index >= 15 is 0 Å². The quantitative estimate of drug-likeness (QED) is 0.756. The summed E-state index contributed by atoms with van der Waals surface area (Å²) in [5.74, 6) is 1.57. The molecule has 3 aromatic rings. The molecule has 0 fully saturated rings. The van der Waals surface area contributed by atoms with Crippen molar-refractivity contribution in [2.45, 2.75) is 5.75 Å². The van der Waals surface area contributed by atoms with E-state index in [1.165, 1.54) is 0 Å².